The highest BCUT2D eigenvalue weighted by molar-refractivity contribution is 9.10. The van der Waals surface area contributed by atoms with Gasteiger partial charge >= 0.3 is 0 Å². The third-order valence-electron chi connectivity index (χ3n) is 1.34. The van der Waals surface area contributed by atoms with Gasteiger partial charge in [0.25, 0.3) is 5.91 Å². The molecular formula is C8H9BrClNO2. The van der Waals surface area contributed by atoms with E-state index in [2.05, 4.69) is 21.2 Å². The molecular weight excluding hydrogens is 257 g/mol. The summed E-state index contributed by atoms with van der Waals surface area (Å²) >= 11 is 8.77. The fraction of sp³-hybridized carbons (Fsp3) is 0.375. The van der Waals surface area contributed by atoms with Gasteiger partial charge in [0.2, 0.25) is 0 Å². The van der Waals surface area contributed by atoms with Crippen molar-refractivity contribution in [2.45, 2.75) is 12.3 Å². The van der Waals surface area contributed by atoms with E-state index in [9.17, 15) is 4.79 Å². The first kappa shape index (κ1) is 10.6. The minimum absolute atomic E-state index is 0.0812. The van der Waals surface area contributed by atoms with E-state index in [-0.39, 0.29) is 17.0 Å². The molecule has 1 N–H and O–H groups in total. The molecule has 1 unspecified atom stereocenters. The van der Waals surface area contributed by atoms with Crippen LogP contribution < -0.4 is 5.32 Å². The van der Waals surface area contributed by atoms with E-state index in [1.165, 1.54) is 0 Å². The molecule has 0 saturated heterocycles. The summed E-state index contributed by atoms with van der Waals surface area (Å²) in [6, 6.07) is 3.26. The fourth-order valence-electron chi connectivity index (χ4n) is 0.757. The smallest absolute Gasteiger partial charge is 0.287 e. The van der Waals surface area contributed by atoms with Crippen LogP contribution in [0.15, 0.2) is 21.2 Å². The van der Waals surface area contributed by atoms with Gasteiger partial charge in [0.15, 0.2) is 10.4 Å². The second kappa shape index (κ2) is 4.67. The summed E-state index contributed by atoms with van der Waals surface area (Å²) in [6.45, 7) is 2.23. The molecule has 1 amide bonds. The topological polar surface area (TPSA) is 42.2 Å². The average Bonchev–Trinajstić information content (AvgIpc) is 2.47. The predicted molar refractivity (Wildman–Crippen MR) is 54.1 cm³/mol. The molecule has 1 atom stereocenters. The van der Waals surface area contributed by atoms with E-state index >= 15 is 0 Å². The normalized spacial score (nSPS) is 12.5. The van der Waals surface area contributed by atoms with Crippen molar-refractivity contribution >= 4 is 33.4 Å². The third-order valence-corrected chi connectivity index (χ3v) is 1.92. The Morgan fingerprint density at radius 2 is 2.46 bits per heavy atom. The molecule has 13 heavy (non-hydrogen) atoms. The number of hydrogen-bond acceptors (Lipinski definition) is 2. The lowest BCUT2D eigenvalue weighted by Gasteiger charge is -2.03. The fourth-order valence-corrected chi connectivity index (χ4v) is 1.14. The van der Waals surface area contributed by atoms with E-state index in [4.69, 9.17) is 16.0 Å². The quantitative estimate of drug-likeness (QED) is 0.854. The van der Waals surface area contributed by atoms with Gasteiger partial charge in [-0.3, -0.25) is 4.79 Å². The Hall–Kier alpha value is -0.480. The number of amides is 1. The van der Waals surface area contributed by atoms with E-state index in [0.29, 0.717) is 11.2 Å². The Labute approximate surface area is 89.6 Å². The highest BCUT2D eigenvalue weighted by atomic mass is 79.9. The number of carbonyl (C=O) groups excluding carboxylic acids is 1. The van der Waals surface area contributed by atoms with Gasteiger partial charge < -0.3 is 9.73 Å². The summed E-state index contributed by atoms with van der Waals surface area (Å²) in [5, 5.41) is 2.55. The van der Waals surface area contributed by atoms with Crippen LogP contribution in [0.4, 0.5) is 0 Å². The Kier molecular flexibility index (Phi) is 3.81. The maximum absolute atomic E-state index is 11.3. The summed E-state index contributed by atoms with van der Waals surface area (Å²) in [7, 11) is 0. The van der Waals surface area contributed by atoms with Gasteiger partial charge in [-0.2, -0.15) is 0 Å². The Balaban J connectivity index is 2.49. The van der Waals surface area contributed by atoms with Gasteiger partial charge in [-0.25, -0.2) is 0 Å². The van der Waals surface area contributed by atoms with E-state index in [1.807, 2.05) is 0 Å². The van der Waals surface area contributed by atoms with Crippen LogP contribution in [0.5, 0.6) is 0 Å². The number of nitrogens with one attached hydrogen (secondary N) is 1. The van der Waals surface area contributed by atoms with Crippen molar-refractivity contribution in [2.24, 2.45) is 0 Å². The van der Waals surface area contributed by atoms with Crippen molar-refractivity contribution in [3.8, 4) is 0 Å². The van der Waals surface area contributed by atoms with Crippen molar-refractivity contribution in [3.63, 3.8) is 0 Å². The molecule has 0 aliphatic carbocycles. The van der Waals surface area contributed by atoms with Crippen LogP contribution in [-0.2, 0) is 0 Å². The monoisotopic (exact) mass is 265 g/mol. The molecule has 72 valence electrons. The van der Waals surface area contributed by atoms with Crippen molar-refractivity contribution in [3.05, 3.63) is 22.6 Å². The molecule has 1 heterocycles. The molecule has 5 heteroatoms. The van der Waals surface area contributed by atoms with E-state index in [0.717, 1.165) is 0 Å². The molecule has 0 bridgehead atoms. The standard InChI is InChI=1S/C8H9BrClNO2/c1-5(10)4-11-8(12)6-2-3-7(9)13-6/h2-3,5H,4H2,1H3,(H,11,12). The van der Waals surface area contributed by atoms with Crippen LogP contribution in [0, 0.1) is 0 Å². The predicted octanol–water partition coefficient (Wildman–Crippen LogP) is 2.40. The first-order valence-corrected chi connectivity index (χ1v) is 5.00. The number of carbonyl (C=O) groups is 1. The van der Waals surface area contributed by atoms with E-state index < -0.39 is 0 Å². The molecule has 0 spiro atoms. The highest BCUT2D eigenvalue weighted by Gasteiger charge is 2.10. The molecule has 1 aromatic rings. The Bertz CT molecular complexity index is 298. The maximum Gasteiger partial charge on any atom is 0.287 e. The van der Waals surface area contributed by atoms with Crippen LogP contribution in [-0.4, -0.2) is 17.8 Å². The van der Waals surface area contributed by atoms with Crippen molar-refractivity contribution in [1.29, 1.82) is 0 Å². The Morgan fingerprint density at radius 1 is 1.77 bits per heavy atom. The minimum Gasteiger partial charge on any atom is -0.444 e. The zero-order chi connectivity index (χ0) is 9.84. The molecule has 0 aliphatic rings. The molecule has 0 aliphatic heterocycles. The number of rotatable bonds is 3. The molecule has 0 radical (unpaired) electrons. The second-order valence-corrected chi connectivity index (χ2v) is 4.12. The van der Waals surface area contributed by atoms with Gasteiger partial charge in [-0.05, 0) is 35.0 Å². The summed E-state index contributed by atoms with van der Waals surface area (Å²) in [6.07, 6.45) is 0. The molecule has 0 aromatic carbocycles. The number of hydrogen-bond donors (Lipinski definition) is 1. The van der Waals surface area contributed by atoms with Crippen molar-refractivity contribution in [2.75, 3.05) is 6.54 Å². The van der Waals surface area contributed by atoms with Crippen LogP contribution in [0.25, 0.3) is 0 Å². The van der Waals surface area contributed by atoms with Crippen LogP contribution in [0.3, 0.4) is 0 Å². The number of alkyl halides is 1. The maximum atomic E-state index is 11.3. The van der Waals surface area contributed by atoms with E-state index in [1.54, 1.807) is 19.1 Å². The highest BCUT2D eigenvalue weighted by Crippen LogP contribution is 2.13. The molecule has 1 aromatic heterocycles. The second-order valence-electron chi connectivity index (χ2n) is 2.59. The van der Waals surface area contributed by atoms with Crippen LogP contribution in [0.2, 0.25) is 0 Å². The lowest BCUT2D eigenvalue weighted by molar-refractivity contribution is 0.0925. The molecule has 0 saturated carbocycles. The largest absolute Gasteiger partial charge is 0.444 e. The molecule has 1 rings (SSSR count). The molecule has 0 fully saturated rings. The van der Waals surface area contributed by atoms with Crippen LogP contribution in [0.1, 0.15) is 17.5 Å². The number of halogens is 2. The summed E-state index contributed by atoms with van der Waals surface area (Å²) in [4.78, 5) is 11.3. The lowest BCUT2D eigenvalue weighted by Crippen LogP contribution is -2.28. The lowest BCUT2D eigenvalue weighted by atomic mass is 10.4. The van der Waals surface area contributed by atoms with Crippen molar-refractivity contribution < 1.29 is 9.21 Å². The summed E-state index contributed by atoms with van der Waals surface area (Å²) in [5.41, 5.74) is 0. The Morgan fingerprint density at radius 3 is 2.92 bits per heavy atom. The molecule has 3 nitrogen and oxygen atoms in total. The number of furan rings is 1. The minimum atomic E-state index is -0.252. The van der Waals surface area contributed by atoms with Gasteiger partial charge in [0.1, 0.15) is 0 Å². The third kappa shape index (κ3) is 3.40. The van der Waals surface area contributed by atoms with Gasteiger partial charge in [0.05, 0.1) is 0 Å². The SMILES string of the molecule is CC(Cl)CNC(=O)c1ccc(Br)o1. The van der Waals surface area contributed by atoms with Crippen LogP contribution >= 0.6 is 27.5 Å². The summed E-state index contributed by atoms with van der Waals surface area (Å²) in [5.74, 6) is 0.0300. The summed E-state index contributed by atoms with van der Waals surface area (Å²) < 4.78 is 5.58. The zero-order valence-corrected chi connectivity index (χ0v) is 9.35. The van der Waals surface area contributed by atoms with Gasteiger partial charge in [0, 0.05) is 11.9 Å². The van der Waals surface area contributed by atoms with Gasteiger partial charge in [-0.1, -0.05) is 0 Å². The first-order chi connectivity index (χ1) is 6.09. The first-order valence-electron chi connectivity index (χ1n) is 3.77. The average molecular weight is 267 g/mol. The van der Waals surface area contributed by atoms with Gasteiger partial charge in [-0.15, -0.1) is 11.6 Å². The zero-order valence-electron chi connectivity index (χ0n) is 7.01. The van der Waals surface area contributed by atoms with Crippen molar-refractivity contribution in [1.82, 2.24) is 5.32 Å².